The number of pyridine rings is 1. The van der Waals surface area contributed by atoms with Crippen LogP contribution in [-0.2, 0) is 30.3 Å². The summed E-state index contributed by atoms with van der Waals surface area (Å²) in [5.41, 5.74) is 4.43. The van der Waals surface area contributed by atoms with Gasteiger partial charge in [0.2, 0.25) is 0 Å². The molecular weight excluding hydrogens is 791 g/mol. The van der Waals surface area contributed by atoms with E-state index in [4.69, 9.17) is 9.40 Å². The van der Waals surface area contributed by atoms with Gasteiger partial charge in [0.1, 0.15) is 16.9 Å². The number of rotatable bonds is 8. The van der Waals surface area contributed by atoms with Crippen LogP contribution >= 0.6 is 11.3 Å². The first-order chi connectivity index (χ1) is 22.3. The molecule has 0 saturated carbocycles. The molecule has 48 heavy (non-hydrogen) atoms. The molecule has 0 spiro atoms. The van der Waals surface area contributed by atoms with E-state index in [1.807, 2.05) is 53.8 Å². The summed E-state index contributed by atoms with van der Waals surface area (Å²) in [4.78, 5) is 17.0. The normalized spacial score (nSPS) is 12.7. The number of aliphatic hydroxyl groups is 1. The Hall–Kier alpha value is -3.31. The fourth-order valence-corrected chi connectivity index (χ4v) is 6.84. The second-order valence-corrected chi connectivity index (χ2v) is 15.2. The molecule has 0 aliphatic carbocycles. The predicted octanol–water partition coefficient (Wildman–Crippen LogP) is 12.8. The number of allylic oxidation sites excluding steroid dienone is 2. The maximum Gasteiger partial charge on any atom is 0.164 e. The average Bonchev–Trinajstić information content (AvgIpc) is 3.69. The van der Waals surface area contributed by atoms with Crippen molar-refractivity contribution in [1.29, 1.82) is 0 Å². The van der Waals surface area contributed by atoms with Gasteiger partial charge in [0.25, 0.3) is 0 Å². The van der Waals surface area contributed by atoms with E-state index in [9.17, 15) is 9.90 Å². The minimum absolute atomic E-state index is 0. The molecule has 6 heteroatoms. The molecule has 4 nitrogen and oxygen atoms in total. The largest absolute Gasteiger partial charge is 0.512 e. The molecule has 0 amide bonds. The van der Waals surface area contributed by atoms with E-state index in [-0.39, 0.29) is 47.9 Å². The van der Waals surface area contributed by atoms with E-state index in [0.717, 1.165) is 64.3 Å². The minimum Gasteiger partial charge on any atom is -0.512 e. The zero-order valence-corrected chi connectivity index (χ0v) is 32.9. The number of hydrogen-bond acceptors (Lipinski definition) is 5. The quantitative estimate of drug-likeness (QED) is 0.0942. The number of carbonyl (C=O) groups excluding carboxylic acids is 1. The smallest absolute Gasteiger partial charge is 0.164 e. The molecule has 0 aliphatic rings. The standard InChI is InChI=1S/C27H20NOS.C15H28O2.Ir/c1-27(2,3)21-14-18(12-16-6-4-5-7-19(16)21)26-25-20-13-17-9-11-30-24(17)15-23(20)29-22(25)8-10-28-26;1-7-14(5,8-2)12(16)11-13(17)15(6,9-3)10-4;/h4-11,13-15H,1-3H3;11,16H,7-10H2,1-6H3;/q-1;;/b;12-11-;. The molecule has 0 bridgehead atoms. The molecule has 3 heterocycles. The Morgan fingerprint density at radius 2 is 1.54 bits per heavy atom. The van der Waals surface area contributed by atoms with Gasteiger partial charge in [-0.25, -0.2) is 0 Å². The van der Waals surface area contributed by atoms with Crippen molar-refractivity contribution in [2.75, 3.05) is 0 Å². The van der Waals surface area contributed by atoms with Crippen molar-refractivity contribution in [3.63, 3.8) is 0 Å². The molecule has 6 aromatic rings. The van der Waals surface area contributed by atoms with Crippen LogP contribution < -0.4 is 0 Å². The van der Waals surface area contributed by atoms with Crippen LogP contribution in [0.3, 0.4) is 0 Å². The third kappa shape index (κ3) is 7.17. The van der Waals surface area contributed by atoms with Crippen LogP contribution in [0.25, 0.3) is 54.1 Å². The molecular formula is C42H48IrNO3S-. The Kier molecular flexibility index (Phi) is 11.5. The van der Waals surface area contributed by atoms with Crippen molar-refractivity contribution in [3.05, 3.63) is 89.6 Å². The van der Waals surface area contributed by atoms with Crippen molar-refractivity contribution in [3.8, 4) is 11.3 Å². The van der Waals surface area contributed by atoms with Crippen LogP contribution in [0.5, 0.6) is 0 Å². The Morgan fingerprint density at radius 1 is 0.875 bits per heavy atom. The first kappa shape index (κ1) is 37.5. The van der Waals surface area contributed by atoms with E-state index in [1.165, 1.54) is 27.1 Å². The fourth-order valence-electron chi connectivity index (χ4n) is 6.04. The summed E-state index contributed by atoms with van der Waals surface area (Å²) < 4.78 is 7.47. The van der Waals surface area contributed by atoms with Gasteiger partial charge in [-0.2, -0.15) is 0 Å². The molecule has 0 atom stereocenters. The molecule has 6 rings (SSSR count). The summed E-state index contributed by atoms with van der Waals surface area (Å²) >= 11 is 1.74. The Bertz CT molecular complexity index is 2090. The summed E-state index contributed by atoms with van der Waals surface area (Å²) in [5.74, 6) is 0.286. The summed E-state index contributed by atoms with van der Waals surface area (Å²) in [6.45, 7) is 18.9. The zero-order chi connectivity index (χ0) is 34.1. The van der Waals surface area contributed by atoms with Gasteiger partial charge in [-0.3, -0.25) is 9.78 Å². The van der Waals surface area contributed by atoms with E-state index >= 15 is 0 Å². The topological polar surface area (TPSA) is 63.3 Å². The number of carbonyl (C=O) groups is 1. The molecule has 3 aromatic heterocycles. The number of thiophene rings is 1. The number of nitrogens with zero attached hydrogens (tertiary/aromatic N) is 1. The third-order valence-electron chi connectivity index (χ3n) is 10.4. The third-order valence-corrected chi connectivity index (χ3v) is 11.3. The Balaban J connectivity index is 0.000000251. The van der Waals surface area contributed by atoms with Gasteiger partial charge in [-0.1, -0.05) is 91.5 Å². The molecule has 255 valence electrons. The number of aromatic nitrogens is 1. The van der Waals surface area contributed by atoms with Crippen LogP contribution in [0.4, 0.5) is 0 Å². The average molecular weight is 839 g/mol. The van der Waals surface area contributed by atoms with Gasteiger partial charge in [-0.05, 0) is 66.1 Å². The van der Waals surface area contributed by atoms with Crippen LogP contribution in [-0.4, -0.2) is 15.9 Å². The van der Waals surface area contributed by atoms with Gasteiger partial charge in [0.15, 0.2) is 5.78 Å². The minimum atomic E-state index is -0.337. The fraction of sp³-hybridized carbons (Fsp3) is 0.381. The Morgan fingerprint density at radius 3 is 2.19 bits per heavy atom. The first-order valence-electron chi connectivity index (χ1n) is 16.9. The van der Waals surface area contributed by atoms with Gasteiger partial charge < -0.3 is 9.52 Å². The van der Waals surface area contributed by atoms with Gasteiger partial charge >= 0.3 is 0 Å². The summed E-state index contributed by atoms with van der Waals surface area (Å²) in [5, 5.41) is 18.0. The van der Waals surface area contributed by atoms with Crippen molar-refractivity contribution in [1.82, 2.24) is 4.98 Å². The van der Waals surface area contributed by atoms with Crippen LogP contribution in [0.2, 0.25) is 0 Å². The van der Waals surface area contributed by atoms with E-state index < -0.39 is 0 Å². The van der Waals surface area contributed by atoms with Crippen molar-refractivity contribution < 1.29 is 34.4 Å². The first-order valence-corrected chi connectivity index (χ1v) is 17.8. The monoisotopic (exact) mass is 839 g/mol. The van der Waals surface area contributed by atoms with Crippen LogP contribution in [0, 0.1) is 16.9 Å². The second-order valence-electron chi connectivity index (χ2n) is 14.3. The zero-order valence-electron chi connectivity index (χ0n) is 29.7. The number of furan rings is 1. The van der Waals surface area contributed by atoms with Crippen molar-refractivity contribution in [2.24, 2.45) is 10.8 Å². The number of aliphatic hydroxyl groups excluding tert-OH is 1. The van der Waals surface area contributed by atoms with Gasteiger partial charge in [-0.15, -0.1) is 40.5 Å². The van der Waals surface area contributed by atoms with E-state index in [0.29, 0.717) is 0 Å². The maximum absolute atomic E-state index is 12.2. The molecule has 1 radical (unpaired) electrons. The SMILES string of the molecule is CC(C)(C)c1cc(-c2nccc3oc4cc5sccc5cc4c23)[c-]c2ccccc12.CCC(C)(CC)C(=O)/C=C(\O)C(C)(CC)CC.[Ir]. The summed E-state index contributed by atoms with van der Waals surface area (Å²) in [6.07, 6.45) is 6.59. The van der Waals surface area contributed by atoms with E-state index in [1.54, 1.807) is 11.3 Å². The summed E-state index contributed by atoms with van der Waals surface area (Å²) in [7, 11) is 0. The number of ketones is 1. The molecule has 0 fully saturated rings. The predicted molar refractivity (Wildman–Crippen MR) is 200 cm³/mol. The van der Waals surface area contributed by atoms with Gasteiger partial charge in [0, 0.05) is 64.4 Å². The molecule has 0 unspecified atom stereocenters. The second kappa shape index (κ2) is 14.7. The van der Waals surface area contributed by atoms with Crippen LogP contribution in [0.1, 0.15) is 93.6 Å². The summed E-state index contributed by atoms with van der Waals surface area (Å²) in [6, 6.07) is 22.9. The molecule has 3 aromatic carbocycles. The van der Waals surface area contributed by atoms with Crippen LogP contribution in [0.15, 0.2) is 82.4 Å². The van der Waals surface area contributed by atoms with Crippen molar-refractivity contribution in [2.45, 2.75) is 93.4 Å². The van der Waals surface area contributed by atoms with E-state index in [2.05, 4.69) is 80.7 Å². The number of hydrogen-bond donors (Lipinski definition) is 1. The molecule has 1 N–H and O–H groups in total. The molecule has 0 aliphatic heterocycles. The van der Waals surface area contributed by atoms with Crippen molar-refractivity contribution >= 4 is 59.9 Å². The van der Waals surface area contributed by atoms with Gasteiger partial charge in [0.05, 0.1) is 0 Å². The maximum atomic E-state index is 12.2. The molecule has 0 saturated heterocycles. The number of benzene rings is 3. The number of fused-ring (bicyclic) bond motifs is 5. The Labute approximate surface area is 303 Å².